The van der Waals surface area contributed by atoms with E-state index in [2.05, 4.69) is 36.9 Å². The molecule has 3 rings (SSSR count). The van der Waals surface area contributed by atoms with E-state index in [9.17, 15) is 14.7 Å². The van der Waals surface area contributed by atoms with Crippen LogP contribution in [0.5, 0.6) is 5.75 Å². The monoisotopic (exact) mass is 466 g/mol. The Morgan fingerprint density at radius 1 is 1.09 bits per heavy atom. The number of methoxy groups -OCH3 is 1. The van der Waals surface area contributed by atoms with Crippen molar-refractivity contribution in [1.29, 1.82) is 0 Å². The van der Waals surface area contributed by atoms with Gasteiger partial charge in [-0.05, 0) is 23.3 Å². The van der Waals surface area contributed by atoms with E-state index in [-0.39, 0.29) is 30.3 Å². The standard InChI is InChI=1S/C25H30N2O5Si/c1-27(25(30)22-15-20(16-28)32-26-22)24(18-8-10-19(31-2)11-9-18)23(29)14-17-6-12-21(13-7-17)33(3,4)5/h6-13,15,24,28H,14,16H2,1-5H3. The van der Waals surface area contributed by atoms with Crippen molar-refractivity contribution in [3.8, 4) is 5.75 Å². The van der Waals surface area contributed by atoms with Crippen molar-refractivity contribution < 1.29 is 24.0 Å². The van der Waals surface area contributed by atoms with Crippen molar-refractivity contribution in [2.24, 2.45) is 0 Å². The van der Waals surface area contributed by atoms with Crippen molar-refractivity contribution in [3.05, 3.63) is 77.2 Å². The summed E-state index contributed by atoms with van der Waals surface area (Å²) in [6.45, 7) is 6.47. The fraction of sp³-hybridized carbons (Fsp3) is 0.320. The smallest absolute Gasteiger partial charge is 0.276 e. The first-order chi connectivity index (χ1) is 15.6. The highest BCUT2D eigenvalue weighted by Crippen LogP contribution is 2.26. The van der Waals surface area contributed by atoms with Gasteiger partial charge in [0.05, 0.1) is 15.2 Å². The van der Waals surface area contributed by atoms with Crippen LogP contribution in [-0.4, -0.2) is 49.1 Å². The minimum Gasteiger partial charge on any atom is -0.497 e. The van der Waals surface area contributed by atoms with Gasteiger partial charge in [-0.2, -0.15) is 0 Å². The summed E-state index contributed by atoms with van der Waals surface area (Å²) < 4.78 is 10.2. The molecule has 0 fully saturated rings. The summed E-state index contributed by atoms with van der Waals surface area (Å²) in [5.74, 6) is 0.246. The molecule has 33 heavy (non-hydrogen) atoms. The molecule has 174 valence electrons. The zero-order valence-corrected chi connectivity index (χ0v) is 20.7. The number of aromatic nitrogens is 1. The van der Waals surface area contributed by atoms with Crippen LogP contribution in [0.2, 0.25) is 19.6 Å². The number of ether oxygens (including phenoxy) is 1. The van der Waals surface area contributed by atoms with E-state index in [1.807, 2.05) is 12.1 Å². The molecule has 0 spiro atoms. The van der Waals surface area contributed by atoms with E-state index in [1.165, 1.54) is 16.2 Å². The maximum atomic E-state index is 13.5. The third-order valence-corrected chi connectivity index (χ3v) is 7.64. The molecule has 1 atom stereocenters. The molecule has 1 N–H and O–H groups in total. The number of likely N-dealkylation sites (N-methyl/N-ethyl adjacent to an activating group) is 1. The number of nitrogens with zero attached hydrogens (tertiary/aromatic N) is 2. The van der Waals surface area contributed by atoms with Gasteiger partial charge in [0.1, 0.15) is 18.4 Å². The SMILES string of the molecule is COc1ccc(C(C(=O)Cc2ccc([Si](C)(C)C)cc2)N(C)C(=O)c2cc(CO)on2)cc1. The lowest BCUT2D eigenvalue weighted by Gasteiger charge is -2.27. The fourth-order valence-corrected chi connectivity index (χ4v) is 4.79. The molecule has 8 heteroatoms. The van der Waals surface area contributed by atoms with Gasteiger partial charge in [-0.15, -0.1) is 0 Å². The number of amides is 1. The van der Waals surface area contributed by atoms with Crippen LogP contribution in [0.1, 0.15) is 33.4 Å². The van der Waals surface area contributed by atoms with Crippen LogP contribution in [0.15, 0.2) is 59.1 Å². The first-order valence-corrected chi connectivity index (χ1v) is 14.2. The van der Waals surface area contributed by atoms with Crippen LogP contribution < -0.4 is 9.92 Å². The molecular formula is C25H30N2O5Si. The Bertz CT molecular complexity index is 1100. The highest BCUT2D eigenvalue weighted by atomic mass is 28.3. The van der Waals surface area contributed by atoms with E-state index in [4.69, 9.17) is 9.26 Å². The minimum atomic E-state index is -1.43. The summed E-state index contributed by atoms with van der Waals surface area (Å²) in [6.07, 6.45) is 0.182. The summed E-state index contributed by atoms with van der Waals surface area (Å²) in [5.41, 5.74) is 1.60. The number of carbonyl (C=O) groups excluding carboxylic acids is 2. The summed E-state index contributed by atoms with van der Waals surface area (Å²) in [6, 6.07) is 15.8. The first kappa shape index (κ1) is 24.4. The Hall–Kier alpha value is -3.23. The number of rotatable bonds is 9. The number of Topliss-reactive ketones (excluding diaryl/α,β-unsaturated/α-hetero) is 1. The van der Waals surface area contributed by atoms with Gasteiger partial charge in [0, 0.05) is 19.5 Å². The van der Waals surface area contributed by atoms with Gasteiger partial charge < -0.3 is 19.3 Å². The summed E-state index contributed by atoms with van der Waals surface area (Å²) in [5, 5.41) is 14.3. The Morgan fingerprint density at radius 2 is 1.73 bits per heavy atom. The van der Waals surface area contributed by atoms with E-state index in [1.54, 1.807) is 38.4 Å². The summed E-state index contributed by atoms with van der Waals surface area (Å²) >= 11 is 0. The molecule has 0 saturated carbocycles. The third-order valence-electron chi connectivity index (χ3n) is 5.58. The lowest BCUT2D eigenvalue weighted by Crippen LogP contribution is -2.38. The quantitative estimate of drug-likeness (QED) is 0.486. The van der Waals surface area contributed by atoms with Gasteiger partial charge in [-0.3, -0.25) is 9.59 Å². The molecule has 1 heterocycles. The predicted octanol–water partition coefficient (Wildman–Crippen LogP) is 3.35. The zero-order valence-electron chi connectivity index (χ0n) is 19.7. The van der Waals surface area contributed by atoms with E-state index >= 15 is 0 Å². The van der Waals surface area contributed by atoms with Crippen LogP contribution in [0.4, 0.5) is 0 Å². The maximum absolute atomic E-state index is 13.5. The molecule has 1 unspecified atom stereocenters. The summed E-state index contributed by atoms with van der Waals surface area (Å²) in [4.78, 5) is 27.9. The van der Waals surface area contributed by atoms with E-state index in [0.717, 1.165) is 5.56 Å². The Kier molecular flexibility index (Phi) is 7.50. The van der Waals surface area contributed by atoms with Crippen molar-refractivity contribution in [2.45, 2.75) is 38.7 Å². The average molecular weight is 467 g/mol. The normalized spacial score (nSPS) is 12.3. The molecule has 0 bridgehead atoms. The predicted molar refractivity (Wildman–Crippen MR) is 128 cm³/mol. The zero-order chi connectivity index (χ0) is 24.2. The van der Waals surface area contributed by atoms with Crippen molar-refractivity contribution >= 4 is 25.0 Å². The lowest BCUT2D eigenvalue weighted by molar-refractivity contribution is -0.122. The number of aliphatic hydroxyl groups excluding tert-OH is 1. The molecule has 7 nitrogen and oxygen atoms in total. The molecule has 0 saturated heterocycles. The molecule has 2 aromatic carbocycles. The largest absolute Gasteiger partial charge is 0.497 e. The molecule has 0 aliphatic heterocycles. The Labute approximate surface area is 195 Å². The number of benzene rings is 2. The maximum Gasteiger partial charge on any atom is 0.276 e. The molecule has 0 radical (unpaired) electrons. The van der Waals surface area contributed by atoms with Crippen LogP contribution in [-0.2, 0) is 17.8 Å². The molecule has 1 amide bonds. The second-order valence-electron chi connectivity index (χ2n) is 9.02. The van der Waals surface area contributed by atoms with E-state index < -0.39 is 20.0 Å². The number of hydrogen-bond acceptors (Lipinski definition) is 6. The van der Waals surface area contributed by atoms with Crippen LogP contribution in [0.25, 0.3) is 0 Å². The van der Waals surface area contributed by atoms with Crippen LogP contribution in [0, 0.1) is 0 Å². The second-order valence-corrected chi connectivity index (χ2v) is 14.1. The Balaban J connectivity index is 1.90. The van der Waals surface area contributed by atoms with Gasteiger partial charge >= 0.3 is 0 Å². The molecule has 0 aliphatic rings. The topological polar surface area (TPSA) is 92.9 Å². The van der Waals surface area contributed by atoms with Gasteiger partial charge in [0.15, 0.2) is 17.2 Å². The highest BCUT2D eigenvalue weighted by molar-refractivity contribution is 6.88. The molecule has 3 aromatic rings. The number of hydrogen-bond donors (Lipinski definition) is 1. The van der Waals surface area contributed by atoms with Crippen LogP contribution in [0.3, 0.4) is 0 Å². The number of aliphatic hydroxyl groups is 1. The lowest BCUT2D eigenvalue weighted by atomic mass is 9.96. The number of ketones is 1. The van der Waals surface area contributed by atoms with Gasteiger partial charge in [0.25, 0.3) is 5.91 Å². The first-order valence-electron chi connectivity index (χ1n) is 10.7. The van der Waals surface area contributed by atoms with Gasteiger partial charge in [0.2, 0.25) is 0 Å². The average Bonchev–Trinajstić information content (AvgIpc) is 3.28. The Morgan fingerprint density at radius 3 is 2.24 bits per heavy atom. The second kappa shape index (κ2) is 10.1. The van der Waals surface area contributed by atoms with E-state index in [0.29, 0.717) is 11.3 Å². The van der Waals surface area contributed by atoms with Gasteiger partial charge in [-0.25, -0.2) is 0 Å². The van der Waals surface area contributed by atoms with Crippen LogP contribution >= 0.6 is 0 Å². The minimum absolute atomic E-state index is 0.0346. The molecular weight excluding hydrogens is 436 g/mol. The van der Waals surface area contributed by atoms with Crippen molar-refractivity contribution in [1.82, 2.24) is 10.1 Å². The molecule has 1 aromatic heterocycles. The highest BCUT2D eigenvalue weighted by Gasteiger charge is 2.31. The van der Waals surface area contributed by atoms with Gasteiger partial charge in [-0.1, -0.05) is 66.4 Å². The third kappa shape index (κ3) is 5.77. The van der Waals surface area contributed by atoms with Crippen molar-refractivity contribution in [2.75, 3.05) is 14.2 Å². The fourth-order valence-electron chi connectivity index (χ4n) is 3.62. The number of carbonyl (C=O) groups is 2. The van der Waals surface area contributed by atoms with Crippen molar-refractivity contribution in [3.63, 3.8) is 0 Å². The molecule has 0 aliphatic carbocycles. The summed E-state index contributed by atoms with van der Waals surface area (Å²) in [7, 11) is 1.70.